The summed E-state index contributed by atoms with van der Waals surface area (Å²) in [5.41, 5.74) is 2.33. The molecular formula is C35H36ClN5O5. The van der Waals surface area contributed by atoms with E-state index >= 15 is 0 Å². The average molecular weight is 642 g/mol. The van der Waals surface area contributed by atoms with Gasteiger partial charge in [-0.25, -0.2) is 9.97 Å². The van der Waals surface area contributed by atoms with Crippen molar-refractivity contribution in [2.75, 3.05) is 23.8 Å². The van der Waals surface area contributed by atoms with Crippen LogP contribution in [0, 0.1) is 0 Å². The minimum atomic E-state index is -0.575. The van der Waals surface area contributed by atoms with Gasteiger partial charge in [0.15, 0.2) is 11.0 Å². The Hall–Kier alpha value is -4.96. The number of carbonyl (C=O) groups is 3. The molecule has 1 heterocycles. The molecule has 0 unspecified atom stereocenters. The average Bonchev–Trinajstić information content (AvgIpc) is 3.52. The van der Waals surface area contributed by atoms with Crippen molar-refractivity contribution in [3.63, 3.8) is 0 Å². The monoisotopic (exact) mass is 641 g/mol. The lowest BCUT2D eigenvalue weighted by atomic mass is 10.1. The standard InChI is InChI=1S/C35H36ClN5O5/c1-23(42)45-33-34(36)39-30(40-35(33)41(2)22-32(44)38-26-10-6-7-11-26)20-24-15-17-27(18-16-24)37-31(43)21-25-9-8-14-29(19-25)46-28-12-4-3-5-13-28/h3-5,8-9,12-19,26H,6-7,10-11,20-22H2,1-2H3,(H,37,43)(H,38,44). The smallest absolute Gasteiger partial charge is 0.308 e. The number of para-hydroxylation sites is 1. The SMILES string of the molecule is CC(=O)Oc1c(Cl)nc(Cc2ccc(NC(=O)Cc3cccc(Oc4ccccc4)c3)cc2)nc1N(C)CC(=O)NC1CCCC1. The first-order valence-electron chi connectivity index (χ1n) is 15.2. The number of ether oxygens (including phenoxy) is 2. The van der Waals surface area contributed by atoms with Crippen LogP contribution in [-0.4, -0.2) is 47.4 Å². The third-order valence-electron chi connectivity index (χ3n) is 7.40. The summed E-state index contributed by atoms with van der Waals surface area (Å²) in [7, 11) is 1.69. The first-order valence-corrected chi connectivity index (χ1v) is 15.6. The largest absolute Gasteiger partial charge is 0.457 e. The Morgan fingerprint density at radius 3 is 2.33 bits per heavy atom. The van der Waals surface area contributed by atoms with Gasteiger partial charge in [0, 0.05) is 32.1 Å². The minimum absolute atomic E-state index is 0.00399. The van der Waals surface area contributed by atoms with Crippen LogP contribution >= 0.6 is 11.6 Å². The number of amides is 2. The maximum absolute atomic E-state index is 12.8. The Labute approximate surface area is 273 Å². The van der Waals surface area contributed by atoms with Crippen molar-refractivity contribution < 1.29 is 23.9 Å². The van der Waals surface area contributed by atoms with Crippen molar-refractivity contribution >= 4 is 40.9 Å². The number of hydrogen-bond donors (Lipinski definition) is 2. The molecule has 1 aliphatic carbocycles. The van der Waals surface area contributed by atoms with Gasteiger partial charge < -0.3 is 25.0 Å². The van der Waals surface area contributed by atoms with Crippen LogP contribution in [-0.2, 0) is 27.2 Å². The molecule has 1 saturated carbocycles. The maximum atomic E-state index is 12.8. The van der Waals surface area contributed by atoms with Crippen molar-refractivity contribution in [2.45, 2.75) is 51.5 Å². The fourth-order valence-corrected chi connectivity index (χ4v) is 5.50. The Bertz CT molecular complexity index is 1680. The molecule has 0 radical (unpaired) electrons. The predicted molar refractivity (Wildman–Crippen MR) is 177 cm³/mol. The number of likely N-dealkylation sites (N-methyl/N-ethyl adjacent to an activating group) is 1. The van der Waals surface area contributed by atoms with Crippen LogP contribution in [0.15, 0.2) is 78.9 Å². The molecule has 11 heteroatoms. The molecule has 10 nitrogen and oxygen atoms in total. The maximum Gasteiger partial charge on any atom is 0.308 e. The molecule has 3 aromatic carbocycles. The molecule has 4 aromatic rings. The van der Waals surface area contributed by atoms with Crippen LogP contribution in [0.4, 0.5) is 11.5 Å². The third-order valence-corrected chi connectivity index (χ3v) is 7.66. The van der Waals surface area contributed by atoms with Crippen molar-refractivity contribution in [3.8, 4) is 17.2 Å². The molecule has 0 atom stereocenters. The molecule has 46 heavy (non-hydrogen) atoms. The highest BCUT2D eigenvalue weighted by atomic mass is 35.5. The molecule has 0 saturated heterocycles. The van der Waals surface area contributed by atoms with E-state index in [0.29, 0.717) is 23.7 Å². The lowest BCUT2D eigenvalue weighted by Gasteiger charge is -2.22. The van der Waals surface area contributed by atoms with Crippen LogP contribution < -0.4 is 25.0 Å². The van der Waals surface area contributed by atoms with E-state index in [-0.39, 0.29) is 47.5 Å². The van der Waals surface area contributed by atoms with E-state index < -0.39 is 5.97 Å². The summed E-state index contributed by atoms with van der Waals surface area (Å²) < 4.78 is 11.2. The lowest BCUT2D eigenvalue weighted by molar-refractivity contribution is -0.131. The molecule has 1 aromatic heterocycles. The second kappa shape index (κ2) is 15.4. The van der Waals surface area contributed by atoms with E-state index in [1.807, 2.05) is 66.7 Å². The normalized spacial score (nSPS) is 12.8. The van der Waals surface area contributed by atoms with Crippen molar-refractivity contribution in [2.24, 2.45) is 0 Å². The predicted octanol–water partition coefficient (Wildman–Crippen LogP) is 6.11. The summed E-state index contributed by atoms with van der Waals surface area (Å²) in [5.74, 6) is 1.13. The van der Waals surface area contributed by atoms with Crippen LogP contribution in [0.5, 0.6) is 17.2 Å². The molecule has 1 aliphatic rings. The topological polar surface area (TPSA) is 123 Å². The number of esters is 1. The molecule has 2 N–H and O–H groups in total. The highest BCUT2D eigenvalue weighted by Gasteiger charge is 2.23. The Balaban J connectivity index is 1.21. The number of aromatic nitrogens is 2. The number of rotatable bonds is 12. The number of carbonyl (C=O) groups excluding carboxylic acids is 3. The molecule has 238 valence electrons. The number of nitrogens with one attached hydrogen (secondary N) is 2. The van der Waals surface area contributed by atoms with Crippen LogP contribution in [0.25, 0.3) is 0 Å². The first-order chi connectivity index (χ1) is 22.2. The lowest BCUT2D eigenvalue weighted by Crippen LogP contribution is -2.40. The van der Waals surface area contributed by atoms with Gasteiger partial charge in [0.1, 0.15) is 17.3 Å². The molecule has 0 aliphatic heterocycles. The number of anilines is 2. The quantitative estimate of drug-likeness (QED) is 0.140. The molecular weight excluding hydrogens is 606 g/mol. The van der Waals surface area contributed by atoms with Gasteiger partial charge in [0.05, 0.1) is 13.0 Å². The molecule has 0 spiro atoms. The third kappa shape index (κ3) is 9.28. The number of hydrogen-bond acceptors (Lipinski definition) is 8. The summed E-state index contributed by atoms with van der Waals surface area (Å²) in [6, 6.07) is 24.4. The van der Waals surface area contributed by atoms with Gasteiger partial charge in [0.2, 0.25) is 17.6 Å². The van der Waals surface area contributed by atoms with E-state index in [0.717, 1.165) is 42.6 Å². The molecule has 0 bridgehead atoms. The van der Waals surface area contributed by atoms with E-state index in [4.69, 9.17) is 21.1 Å². The Morgan fingerprint density at radius 1 is 0.891 bits per heavy atom. The van der Waals surface area contributed by atoms with E-state index in [1.165, 1.54) is 6.92 Å². The van der Waals surface area contributed by atoms with Crippen molar-refractivity contribution in [1.29, 1.82) is 0 Å². The summed E-state index contributed by atoms with van der Waals surface area (Å²) >= 11 is 6.45. The van der Waals surface area contributed by atoms with E-state index in [1.54, 1.807) is 24.1 Å². The van der Waals surface area contributed by atoms with E-state index in [2.05, 4.69) is 20.6 Å². The second-order valence-electron chi connectivity index (χ2n) is 11.2. The number of benzene rings is 3. The zero-order valence-electron chi connectivity index (χ0n) is 25.8. The fourth-order valence-electron chi connectivity index (χ4n) is 5.28. The Morgan fingerprint density at radius 2 is 1.61 bits per heavy atom. The van der Waals surface area contributed by atoms with Gasteiger partial charge in [-0.2, -0.15) is 0 Å². The first kappa shape index (κ1) is 32.4. The zero-order chi connectivity index (χ0) is 32.5. The van der Waals surface area contributed by atoms with Crippen LogP contribution in [0.2, 0.25) is 5.15 Å². The summed E-state index contributed by atoms with van der Waals surface area (Å²) in [4.78, 5) is 47.8. The highest BCUT2D eigenvalue weighted by molar-refractivity contribution is 6.31. The zero-order valence-corrected chi connectivity index (χ0v) is 26.5. The van der Waals surface area contributed by atoms with E-state index in [9.17, 15) is 14.4 Å². The van der Waals surface area contributed by atoms with Crippen LogP contribution in [0.1, 0.15) is 49.6 Å². The number of halogens is 1. The molecule has 2 amide bonds. The number of nitrogens with zero attached hydrogens (tertiary/aromatic N) is 3. The minimum Gasteiger partial charge on any atom is -0.457 e. The van der Waals surface area contributed by atoms with Gasteiger partial charge in [-0.1, -0.05) is 66.9 Å². The molecule has 5 rings (SSSR count). The molecule has 1 fully saturated rings. The van der Waals surface area contributed by atoms with Gasteiger partial charge in [0.25, 0.3) is 0 Å². The van der Waals surface area contributed by atoms with Crippen molar-refractivity contribution in [1.82, 2.24) is 15.3 Å². The summed E-state index contributed by atoms with van der Waals surface area (Å²) in [6.45, 7) is 1.27. The summed E-state index contributed by atoms with van der Waals surface area (Å²) in [5, 5.41) is 5.95. The van der Waals surface area contributed by atoms with Crippen molar-refractivity contribution in [3.05, 3.63) is 101 Å². The highest BCUT2D eigenvalue weighted by Crippen LogP contribution is 2.33. The fraction of sp³-hybridized carbons (Fsp3) is 0.286. The van der Waals surface area contributed by atoms with Gasteiger partial charge in [-0.3, -0.25) is 14.4 Å². The van der Waals surface area contributed by atoms with Gasteiger partial charge >= 0.3 is 5.97 Å². The Kier molecular flexibility index (Phi) is 10.8. The van der Waals surface area contributed by atoms with Gasteiger partial charge in [-0.15, -0.1) is 0 Å². The van der Waals surface area contributed by atoms with Gasteiger partial charge in [-0.05, 0) is 60.4 Å². The summed E-state index contributed by atoms with van der Waals surface area (Å²) in [6.07, 6.45) is 4.66. The van der Waals surface area contributed by atoms with Crippen LogP contribution in [0.3, 0.4) is 0 Å². The second-order valence-corrected chi connectivity index (χ2v) is 11.6.